The molecule has 3 N–H and O–H groups in total. The van der Waals surface area contributed by atoms with Gasteiger partial charge in [-0.3, -0.25) is 14.9 Å². The second-order valence-corrected chi connectivity index (χ2v) is 12.4. The normalized spacial score (nSPS) is 42.3. The Labute approximate surface area is 208 Å². The van der Waals surface area contributed by atoms with E-state index in [9.17, 15) is 19.8 Å². The molecule has 1 amide bonds. The van der Waals surface area contributed by atoms with E-state index in [1.807, 2.05) is 26.0 Å². The van der Waals surface area contributed by atoms with Crippen LogP contribution in [0.25, 0.3) is 10.3 Å². The zero-order chi connectivity index (χ0) is 24.8. The number of carbonyl (C=O) groups excluding carboxylic acids is 2. The van der Waals surface area contributed by atoms with Crippen LogP contribution in [0.15, 0.2) is 42.1 Å². The van der Waals surface area contributed by atoms with Gasteiger partial charge in [-0.1, -0.05) is 43.8 Å². The summed E-state index contributed by atoms with van der Waals surface area (Å²) in [6.07, 6.45) is 9.03. The summed E-state index contributed by atoms with van der Waals surface area (Å²) in [5, 5.41) is 27.0. The Kier molecular flexibility index (Phi) is 4.96. The topological polar surface area (TPSA) is 112 Å². The lowest BCUT2D eigenvalue weighted by molar-refractivity contribution is -0.179. The van der Waals surface area contributed by atoms with Crippen molar-refractivity contribution in [3.8, 4) is 0 Å². The number of aromatic nitrogens is 2. The molecule has 35 heavy (non-hydrogen) atoms. The Morgan fingerprint density at radius 2 is 2.11 bits per heavy atom. The Hall–Kier alpha value is -2.42. The highest BCUT2D eigenvalue weighted by atomic mass is 32.1. The van der Waals surface area contributed by atoms with E-state index in [0.29, 0.717) is 23.5 Å². The van der Waals surface area contributed by atoms with Crippen LogP contribution in [0, 0.1) is 34.5 Å². The molecular weight excluding hydrogens is 462 g/mol. The smallest absolute Gasteiger partial charge is 0.258 e. The van der Waals surface area contributed by atoms with Gasteiger partial charge in [0.1, 0.15) is 10.3 Å². The third-order valence-corrected chi connectivity index (χ3v) is 10.7. The Morgan fingerprint density at radius 1 is 1.31 bits per heavy atom. The molecule has 0 radical (unpaired) electrons. The number of nitrogens with one attached hydrogen (secondary N) is 1. The van der Waals surface area contributed by atoms with Gasteiger partial charge in [0.05, 0.1) is 6.10 Å². The van der Waals surface area contributed by atoms with Gasteiger partial charge in [-0.15, -0.1) is 0 Å². The van der Waals surface area contributed by atoms with Crippen LogP contribution >= 0.6 is 11.3 Å². The number of amides is 1. The molecule has 2 heterocycles. The Morgan fingerprint density at radius 3 is 2.89 bits per heavy atom. The van der Waals surface area contributed by atoms with E-state index in [1.165, 1.54) is 11.3 Å². The van der Waals surface area contributed by atoms with Gasteiger partial charge >= 0.3 is 0 Å². The minimum Gasteiger partial charge on any atom is -0.393 e. The van der Waals surface area contributed by atoms with E-state index < -0.39 is 23.0 Å². The maximum absolute atomic E-state index is 13.7. The summed E-state index contributed by atoms with van der Waals surface area (Å²) in [4.78, 5) is 35.3. The highest BCUT2D eigenvalue weighted by Gasteiger charge is 2.70. The molecule has 3 saturated carbocycles. The number of aliphatic hydroxyl groups excluding tert-OH is 1. The molecule has 4 aliphatic carbocycles. The Bertz CT molecular complexity index is 1270. The van der Waals surface area contributed by atoms with Gasteiger partial charge in [0, 0.05) is 22.9 Å². The quantitative estimate of drug-likeness (QED) is 0.585. The summed E-state index contributed by atoms with van der Waals surface area (Å²) in [7, 11) is 0. The molecule has 0 bridgehead atoms. The van der Waals surface area contributed by atoms with Gasteiger partial charge in [-0.05, 0) is 67.7 Å². The minimum absolute atomic E-state index is 0.0108. The molecular formula is C27H31N3O4S. The van der Waals surface area contributed by atoms with E-state index in [1.54, 1.807) is 24.4 Å². The third kappa shape index (κ3) is 3.02. The summed E-state index contributed by atoms with van der Waals surface area (Å²) in [6, 6.07) is 3.64. The molecule has 0 spiro atoms. The molecule has 5 unspecified atom stereocenters. The summed E-state index contributed by atoms with van der Waals surface area (Å²) < 4.78 is 0. The fraction of sp³-hybridized carbons (Fsp3) is 0.556. The summed E-state index contributed by atoms with van der Waals surface area (Å²) in [6.45, 7) is 6.05. The number of anilines is 1. The maximum Gasteiger partial charge on any atom is 0.258 e. The van der Waals surface area contributed by atoms with Crippen LogP contribution in [-0.2, 0) is 9.59 Å². The van der Waals surface area contributed by atoms with Crippen LogP contribution < -0.4 is 5.32 Å². The molecule has 0 saturated heterocycles. The number of hydrogen-bond acceptors (Lipinski definition) is 7. The van der Waals surface area contributed by atoms with Crippen LogP contribution in [0.4, 0.5) is 5.13 Å². The standard InChI is InChI=1S/C27H31N3O4S/c1-14-11-18-17-7-6-15-12-16(31)8-9-25(15,2)21(17)20(32)13-26(18,3)27(14,34)23(33)30-24-29-19-5-4-10-28-22(19)35-24/h4-5,8-10,12,14,17-18,20-21,32,34H,6-7,11,13H2,1-3H3,(H,29,30,33)/t14-,17?,18?,20+,21?,25?,26?,27+/m1/s1. The average molecular weight is 494 g/mol. The number of pyridine rings is 1. The van der Waals surface area contributed by atoms with E-state index in [0.717, 1.165) is 23.2 Å². The number of thiazole rings is 1. The predicted octanol–water partition coefficient (Wildman–Crippen LogP) is 3.89. The molecule has 7 nitrogen and oxygen atoms in total. The van der Waals surface area contributed by atoms with Crippen molar-refractivity contribution < 1.29 is 19.8 Å². The molecule has 2 aromatic rings. The number of fused-ring (bicyclic) bond motifs is 6. The van der Waals surface area contributed by atoms with E-state index in [2.05, 4.69) is 22.2 Å². The molecule has 184 valence electrons. The first-order valence-corrected chi connectivity index (χ1v) is 13.3. The highest BCUT2D eigenvalue weighted by molar-refractivity contribution is 7.21. The third-order valence-electron chi connectivity index (χ3n) is 9.81. The van der Waals surface area contributed by atoms with Gasteiger partial charge in [0.2, 0.25) is 0 Å². The fourth-order valence-electron chi connectivity index (χ4n) is 8.16. The van der Waals surface area contributed by atoms with Crippen molar-refractivity contribution in [2.75, 3.05) is 5.32 Å². The lowest BCUT2D eigenvalue weighted by Gasteiger charge is -2.59. The first-order valence-electron chi connectivity index (χ1n) is 12.5. The number of allylic oxidation sites excluding steroid dienone is 4. The maximum atomic E-state index is 13.7. The lowest BCUT2D eigenvalue weighted by Crippen LogP contribution is -2.63. The Balaban J connectivity index is 1.34. The largest absolute Gasteiger partial charge is 0.393 e. The first-order chi connectivity index (χ1) is 16.6. The highest BCUT2D eigenvalue weighted by Crippen LogP contribution is 2.68. The van der Waals surface area contributed by atoms with E-state index in [4.69, 9.17) is 0 Å². The predicted molar refractivity (Wildman–Crippen MR) is 134 cm³/mol. The zero-order valence-corrected chi connectivity index (χ0v) is 21.0. The molecule has 0 aliphatic heterocycles. The molecule has 8 heteroatoms. The SMILES string of the molecule is C[C@@H]1CC2C3CCC4=CC(=O)C=CC4(C)C3[C@@H](O)CC2(C)[C@@]1(O)C(=O)Nc1nc2cccnc2s1. The lowest BCUT2D eigenvalue weighted by atomic mass is 9.46. The van der Waals surface area contributed by atoms with Crippen molar-refractivity contribution in [3.63, 3.8) is 0 Å². The summed E-state index contributed by atoms with van der Waals surface area (Å²) in [5.41, 5.74) is -0.991. The number of carbonyl (C=O) groups is 2. The van der Waals surface area contributed by atoms with Crippen LogP contribution in [0.3, 0.4) is 0 Å². The van der Waals surface area contributed by atoms with Crippen molar-refractivity contribution in [1.82, 2.24) is 9.97 Å². The number of hydrogen-bond donors (Lipinski definition) is 3. The van der Waals surface area contributed by atoms with Crippen LogP contribution in [0.1, 0.15) is 46.5 Å². The fourth-order valence-corrected chi connectivity index (χ4v) is 8.96. The molecule has 0 aromatic carbocycles. The second kappa shape index (κ2) is 7.54. The van der Waals surface area contributed by atoms with Crippen LogP contribution in [-0.4, -0.2) is 43.6 Å². The van der Waals surface area contributed by atoms with Gasteiger partial charge in [0.25, 0.3) is 5.91 Å². The van der Waals surface area contributed by atoms with E-state index in [-0.39, 0.29) is 34.9 Å². The van der Waals surface area contributed by atoms with E-state index >= 15 is 0 Å². The second-order valence-electron chi connectivity index (χ2n) is 11.4. The van der Waals surface area contributed by atoms with Gasteiger partial charge in [-0.25, -0.2) is 9.97 Å². The van der Waals surface area contributed by atoms with Crippen molar-refractivity contribution in [1.29, 1.82) is 0 Å². The van der Waals surface area contributed by atoms with Gasteiger partial charge in [-0.2, -0.15) is 0 Å². The first kappa shape index (κ1) is 23.0. The molecule has 3 fully saturated rings. The van der Waals surface area contributed by atoms with Crippen molar-refractivity contribution >= 4 is 38.5 Å². The number of aliphatic hydroxyl groups is 2. The number of nitrogens with zero attached hydrogens (tertiary/aromatic N) is 2. The molecule has 6 rings (SSSR count). The number of ketones is 1. The van der Waals surface area contributed by atoms with Crippen molar-refractivity contribution in [3.05, 3.63) is 42.1 Å². The minimum atomic E-state index is -1.63. The van der Waals surface area contributed by atoms with Crippen LogP contribution in [0.2, 0.25) is 0 Å². The average Bonchev–Trinajstić information content (AvgIpc) is 3.31. The van der Waals surface area contributed by atoms with Crippen molar-refractivity contribution in [2.24, 2.45) is 34.5 Å². The summed E-state index contributed by atoms with van der Waals surface area (Å²) >= 11 is 1.29. The van der Waals surface area contributed by atoms with Crippen LogP contribution in [0.5, 0.6) is 0 Å². The number of rotatable bonds is 2. The van der Waals surface area contributed by atoms with Crippen molar-refractivity contribution in [2.45, 2.75) is 58.2 Å². The van der Waals surface area contributed by atoms with Gasteiger partial charge in [0.15, 0.2) is 16.5 Å². The molecule has 4 aliphatic rings. The monoisotopic (exact) mass is 493 g/mol. The molecule has 2 aromatic heterocycles. The summed E-state index contributed by atoms with van der Waals surface area (Å²) in [5.74, 6) is -0.521. The van der Waals surface area contributed by atoms with Gasteiger partial charge < -0.3 is 10.2 Å². The zero-order valence-electron chi connectivity index (χ0n) is 20.2. The molecule has 8 atom stereocenters.